The molecule has 2 heterocycles. The van der Waals surface area contributed by atoms with Crippen LogP contribution >= 0.6 is 23.1 Å². The Morgan fingerprint density at radius 2 is 1.76 bits per heavy atom. The van der Waals surface area contributed by atoms with Crippen molar-refractivity contribution in [3.05, 3.63) is 76.8 Å². The van der Waals surface area contributed by atoms with Crippen molar-refractivity contribution in [3.8, 4) is 0 Å². The zero-order chi connectivity index (χ0) is 23.0. The lowest BCUT2D eigenvalue weighted by atomic mass is 10.2. The number of benzene rings is 2. The number of hydrogen-bond acceptors (Lipinski definition) is 6. The zero-order valence-corrected chi connectivity index (χ0v) is 20.3. The summed E-state index contributed by atoms with van der Waals surface area (Å²) in [4.78, 5) is 33.8. The molecule has 0 unspecified atom stereocenters. The highest BCUT2D eigenvalue weighted by atomic mass is 32.2. The van der Waals surface area contributed by atoms with Gasteiger partial charge in [-0.15, -0.1) is 11.3 Å². The summed E-state index contributed by atoms with van der Waals surface area (Å²) in [6, 6.07) is 18.2. The summed E-state index contributed by atoms with van der Waals surface area (Å²) in [5.74, 6) is 0.344. The normalized spacial score (nSPS) is 14.3. The number of anilines is 1. The molecule has 1 aliphatic rings. The van der Waals surface area contributed by atoms with E-state index < -0.39 is 0 Å². The van der Waals surface area contributed by atoms with Crippen molar-refractivity contribution in [1.82, 2.24) is 14.8 Å². The summed E-state index contributed by atoms with van der Waals surface area (Å²) in [5.41, 5.74) is 4.03. The van der Waals surface area contributed by atoms with E-state index in [1.807, 2.05) is 47.5 Å². The fourth-order valence-electron chi connectivity index (χ4n) is 3.66. The van der Waals surface area contributed by atoms with Crippen molar-refractivity contribution in [2.45, 2.75) is 24.2 Å². The molecule has 0 atom stereocenters. The standard InChI is InChI=1S/C25H28N4O2S2/c1-19-7-9-21(10-8-19)26-23(30)18-33-25-27-22(17-32-25)15-24(31)29-13-11-28(12-14-29)16-20-5-3-2-4-6-20/h2-10,17H,11-16,18H2,1H3,(H,26,30). The molecule has 1 fully saturated rings. The van der Waals surface area contributed by atoms with E-state index in [0.29, 0.717) is 6.42 Å². The molecule has 4 rings (SSSR count). The van der Waals surface area contributed by atoms with Gasteiger partial charge >= 0.3 is 0 Å². The number of piperazine rings is 1. The van der Waals surface area contributed by atoms with Crippen LogP contribution in [0.1, 0.15) is 16.8 Å². The topological polar surface area (TPSA) is 65.5 Å². The average molecular weight is 481 g/mol. The molecule has 3 aromatic rings. The highest BCUT2D eigenvalue weighted by Gasteiger charge is 2.22. The number of nitrogens with one attached hydrogen (secondary N) is 1. The highest BCUT2D eigenvalue weighted by Crippen LogP contribution is 2.23. The minimum atomic E-state index is -0.0648. The summed E-state index contributed by atoms with van der Waals surface area (Å²) in [7, 11) is 0. The molecule has 1 N–H and O–H groups in total. The summed E-state index contributed by atoms with van der Waals surface area (Å²) < 4.78 is 0.810. The van der Waals surface area contributed by atoms with Crippen LogP contribution in [0.5, 0.6) is 0 Å². The van der Waals surface area contributed by atoms with Crippen LogP contribution in [0, 0.1) is 6.92 Å². The van der Waals surface area contributed by atoms with Gasteiger partial charge in [0.15, 0.2) is 4.34 Å². The second-order valence-electron chi connectivity index (χ2n) is 8.13. The molecule has 0 saturated carbocycles. The maximum atomic E-state index is 12.7. The lowest BCUT2D eigenvalue weighted by Crippen LogP contribution is -2.48. The Kier molecular flexibility index (Phi) is 8.15. The highest BCUT2D eigenvalue weighted by molar-refractivity contribution is 8.01. The molecule has 172 valence electrons. The second-order valence-corrected chi connectivity index (χ2v) is 10.2. The minimum Gasteiger partial charge on any atom is -0.340 e. The van der Waals surface area contributed by atoms with Crippen LogP contribution in [0.15, 0.2) is 64.3 Å². The van der Waals surface area contributed by atoms with Gasteiger partial charge in [-0.25, -0.2) is 4.98 Å². The Balaban J connectivity index is 1.19. The largest absolute Gasteiger partial charge is 0.340 e. The second kappa shape index (κ2) is 11.4. The first-order valence-electron chi connectivity index (χ1n) is 11.0. The molecule has 6 nitrogen and oxygen atoms in total. The van der Waals surface area contributed by atoms with Crippen LogP contribution < -0.4 is 5.32 Å². The van der Waals surface area contributed by atoms with Gasteiger partial charge in [0.1, 0.15) is 0 Å². The monoisotopic (exact) mass is 480 g/mol. The van der Waals surface area contributed by atoms with E-state index >= 15 is 0 Å². The number of aromatic nitrogens is 1. The molecule has 1 saturated heterocycles. The first-order chi connectivity index (χ1) is 16.0. The van der Waals surface area contributed by atoms with E-state index in [0.717, 1.165) is 54.0 Å². The van der Waals surface area contributed by atoms with E-state index in [1.165, 1.54) is 28.7 Å². The van der Waals surface area contributed by atoms with Gasteiger partial charge in [0.05, 0.1) is 17.9 Å². The molecule has 2 aromatic carbocycles. The third kappa shape index (κ3) is 7.15. The number of hydrogen-bond donors (Lipinski definition) is 1. The predicted molar refractivity (Wildman–Crippen MR) is 135 cm³/mol. The Morgan fingerprint density at radius 3 is 2.48 bits per heavy atom. The summed E-state index contributed by atoms with van der Waals surface area (Å²) in [6.07, 6.45) is 0.311. The van der Waals surface area contributed by atoms with Gasteiger partial charge in [-0.1, -0.05) is 59.8 Å². The molecular weight excluding hydrogens is 452 g/mol. The van der Waals surface area contributed by atoms with Crippen LogP contribution in [0.25, 0.3) is 0 Å². The van der Waals surface area contributed by atoms with Crippen molar-refractivity contribution in [3.63, 3.8) is 0 Å². The fourth-order valence-corrected chi connectivity index (χ4v) is 5.31. The van der Waals surface area contributed by atoms with E-state index in [1.54, 1.807) is 0 Å². The van der Waals surface area contributed by atoms with Gasteiger partial charge in [-0.2, -0.15) is 0 Å². The van der Waals surface area contributed by atoms with E-state index in [-0.39, 0.29) is 17.6 Å². The Morgan fingerprint density at radius 1 is 1.03 bits per heavy atom. The minimum absolute atomic E-state index is 0.0648. The molecule has 8 heteroatoms. The molecule has 33 heavy (non-hydrogen) atoms. The number of thioether (sulfide) groups is 1. The van der Waals surface area contributed by atoms with Crippen LogP contribution in [0.3, 0.4) is 0 Å². The smallest absolute Gasteiger partial charge is 0.234 e. The van der Waals surface area contributed by atoms with E-state index in [9.17, 15) is 9.59 Å². The first-order valence-corrected chi connectivity index (χ1v) is 12.9. The molecule has 0 bridgehead atoms. The van der Waals surface area contributed by atoms with Crippen molar-refractivity contribution in [2.75, 3.05) is 37.2 Å². The van der Waals surface area contributed by atoms with Crippen LogP contribution in [0.2, 0.25) is 0 Å². The predicted octanol–water partition coefficient (Wildman–Crippen LogP) is 4.07. The number of rotatable bonds is 8. The average Bonchev–Trinajstić information content (AvgIpc) is 3.27. The lowest BCUT2D eigenvalue weighted by Gasteiger charge is -2.34. The SMILES string of the molecule is Cc1ccc(NC(=O)CSc2nc(CC(=O)N3CCN(Cc4ccccc4)CC3)cs2)cc1. The third-order valence-corrected chi connectivity index (χ3v) is 7.57. The summed E-state index contributed by atoms with van der Waals surface area (Å²) in [5, 5.41) is 4.81. The molecule has 0 radical (unpaired) electrons. The Hall–Kier alpha value is -2.68. The molecule has 0 aliphatic carbocycles. The molecule has 1 aliphatic heterocycles. The number of aryl methyl sites for hydroxylation is 1. The molecule has 1 aromatic heterocycles. The summed E-state index contributed by atoms with van der Waals surface area (Å²) in [6.45, 7) is 6.20. The van der Waals surface area contributed by atoms with E-state index in [4.69, 9.17) is 0 Å². The van der Waals surface area contributed by atoms with Crippen LogP contribution in [-0.2, 0) is 22.6 Å². The first kappa shape index (κ1) is 23.5. The van der Waals surface area contributed by atoms with E-state index in [2.05, 4.69) is 39.5 Å². The van der Waals surface area contributed by atoms with Gasteiger partial charge in [-0.3, -0.25) is 14.5 Å². The maximum Gasteiger partial charge on any atom is 0.234 e. The van der Waals surface area contributed by atoms with Crippen molar-refractivity contribution >= 4 is 40.6 Å². The van der Waals surface area contributed by atoms with Gasteiger partial charge in [0.2, 0.25) is 11.8 Å². The molecular formula is C25H28N4O2S2. The van der Waals surface area contributed by atoms with Crippen molar-refractivity contribution in [1.29, 1.82) is 0 Å². The fraction of sp³-hybridized carbons (Fsp3) is 0.320. The quantitative estimate of drug-likeness (QED) is 0.493. The van der Waals surface area contributed by atoms with Gasteiger partial charge in [0, 0.05) is 43.8 Å². The van der Waals surface area contributed by atoms with Gasteiger partial charge in [-0.05, 0) is 24.6 Å². The van der Waals surface area contributed by atoms with Crippen molar-refractivity contribution in [2.24, 2.45) is 0 Å². The zero-order valence-electron chi connectivity index (χ0n) is 18.7. The Bertz CT molecular complexity index is 1060. The van der Waals surface area contributed by atoms with Crippen molar-refractivity contribution < 1.29 is 9.59 Å². The summed E-state index contributed by atoms with van der Waals surface area (Å²) >= 11 is 2.88. The lowest BCUT2D eigenvalue weighted by molar-refractivity contribution is -0.132. The third-order valence-electron chi connectivity index (χ3n) is 5.50. The van der Waals surface area contributed by atoms with Gasteiger partial charge in [0.25, 0.3) is 0 Å². The van der Waals surface area contributed by atoms with Crippen LogP contribution in [-0.4, -0.2) is 58.5 Å². The number of amides is 2. The number of carbonyl (C=O) groups excluding carboxylic acids is 2. The van der Waals surface area contributed by atoms with Gasteiger partial charge < -0.3 is 10.2 Å². The molecule has 0 spiro atoms. The number of carbonyl (C=O) groups is 2. The van der Waals surface area contributed by atoms with Crippen LogP contribution in [0.4, 0.5) is 5.69 Å². The maximum absolute atomic E-state index is 12.7. The Labute approximate surface area is 203 Å². The number of thiazole rings is 1. The number of nitrogens with zero attached hydrogens (tertiary/aromatic N) is 3. The molecule has 2 amide bonds.